The van der Waals surface area contributed by atoms with Crippen molar-refractivity contribution in [2.75, 3.05) is 0 Å². The van der Waals surface area contributed by atoms with Crippen LogP contribution in [0.2, 0.25) is 0 Å². The van der Waals surface area contributed by atoms with E-state index in [4.69, 9.17) is 4.42 Å². The molecule has 29 heavy (non-hydrogen) atoms. The van der Waals surface area contributed by atoms with Crippen LogP contribution in [0.15, 0.2) is 78.1 Å². The van der Waals surface area contributed by atoms with Gasteiger partial charge >= 0.3 is 0 Å². The number of furan rings is 1. The first kappa shape index (κ1) is 15.8. The predicted molar refractivity (Wildman–Crippen MR) is 110 cm³/mol. The van der Waals surface area contributed by atoms with Crippen molar-refractivity contribution < 1.29 is 4.42 Å². The van der Waals surface area contributed by atoms with Gasteiger partial charge in [-0.15, -0.1) is 0 Å². The van der Waals surface area contributed by atoms with E-state index in [0.29, 0.717) is 0 Å². The van der Waals surface area contributed by atoms with Crippen molar-refractivity contribution in [3.05, 3.63) is 73.7 Å². The number of nitrogens with zero attached hydrogens (tertiary/aromatic N) is 4. The van der Waals surface area contributed by atoms with Crippen LogP contribution in [0.1, 0.15) is 0 Å². The summed E-state index contributed by atoms with van der Waals surface area (Å²) in [4.78, 5) is 16.5. The molecule has 6 heterocycles. The van der Waals surface area contributed by atoms with E-state index in [1.54, 1.807) is 37.3 Å². The third kappa shape index (κ3) is 2.52. The minimum absolute atomic E-state index is 0.804. The summed E-state index contributed by atoms with van der Waals surface area (Å²) in [5, 5.41) is 9.61. The summed E-state index contributed by atoms with van der Waals surface area (Å²) in [6.45, 7) is 0. The Kier molecular flexibility index (Phi) is 3.33. The molecular formula is C22H14N6O. The minimum Gasteiger partial charge on any atom is -0.472 e. The Hall–Kier alpha value is -4.26. The Labute approximate surface area is 164 Å². The summed E-state index contributed by atoms with van der Waals surface area (Å²) in [6.07, 6.45) is 10.5. The van der Waals surface area contributed by atoms with Gasteiger partial charge in [-0.2, -0.15) is 5.10 Å². The van der Waals surface area contributed by atoms with Gasteiger partial charge < -0.3 is 9.40 Å². The number of rotatable bonds is 3. The van der Waals surface area contributed by atoms with Crippen molar-refractivity contribution >= 4 is 21.9 Å². The van der Waals surface area contributed by atoms with E-state index >= 15 is 0 Å². The fourth-order valence-corrected chi connectivity index (χ4v) is 3.63. The number of fused-ring (bicyclic) bond motifs is 2. The molecule has 0 aromatic carbocycles. The minimum atomic E-state index is 0.804. The molecule has 6 aromatic rings. The number of aromatic amines is 2. The molecule has 0 spiro atoms. The Balaban J connectivity index is 1.53. The van der Waals surface area contributed by atoms with Gasteiger partial charge in [-0.05, 0) is 42.0 Å². The van der Waals surface area contributed by atoms with E-state index in [9.17, 15) is 0 Å². The van der Waals surface area contributed by atoms with Gasteiger partial charge in [0, 0.05) is 40.5 Å². The lowest BCUT2D eigenvalue weighted by molar-refractivity contribution is 0.568. The van der Waals surface area contributed by atoms with Gasteiger partial charge in [0.25, 0.3) is 0 Å². The largest absolute Gasteiger partial charge is 0.472 e. The summed E-state index contributed by atoms with van der Waals surface area (Å²) in [5.41, 5.74) is 7.35. The molecule has 0 bridgehead atoms. The van der Waals surface area contributed by atoms with Crippen LogP contribution < -0.4 is 0 Å². The molecule has 7 nitrogen and oxygen atoms in total. The third-order valence-electron chi connectivity index (χ3n) is 5.04. The average Bonchev–Trinajstić information content (AvgIpc) is 3.52. The molecule has 6 rings (SSSR count). The second-order valence-corrected chi connectivity index (χ2v) is 6.74. The van der Waals surface area contributed by atoms with Crippen molar-refractivity contribution in [2.45, 2.75) is 0 Å². The second-order valence-electron chi connectivity index (χ2n) is 6.74. The molecule has 6 aromatic heterocycles. The van der Waals surface area contributed by atoms with Gasteiger partial charge in [0.1, 0.15) is 11.3 Å². The van der Waals surface area contributed by atoms with Crippen molar-refractivity contribution in [1.82, 2.24) is 30.1 Å². The van der Waals surface area contributed by atoms with Crippen molar-refractivity contribution in [1.29, 1.82) is 0 Å². The first-order chi connectivity index (χ1) is 14.4. The Morgan fingerprint density at radius 1 is 0.862 bits per heavy atom. The SMILES string of the molecule is c1cc(-c2cc3c(-c4cc5c(-c6ccoc6)ccnc5[nH]4)n[nH]c3cn2)ccn1. The zero-order chi connectivity index (χ0) is 19.2. The smallest absolute Gasteiger partial charge is 0.138 e. The number of nitrogens with one attached hydrogen (secondary N) is 2. The van der Waals surface area contributed by atoms with Gasteiger partial charge in [0.2, 0.25) is 0 Å². The Morgan fingerprint density at radius 2 is 1.79 bits per heavy atom. The summed E-state index contributed by atoms with van der Waals surface area (Å²) in [5.74, 6) is 0. The van der Waals surface area contributed by atoms with Crippen molar-refractivity contribution in [2.24, 2.45) is 0 Å². The quantitative estimate of drug-likeness (QED) is 0.460. The highest BCUT2D eigenvalue weighted by Crippen LogP contribution is 2.34. The molecule has 0 atom stereocenters. The number of aromatic nitrogens is 6. The fourth-order valence-electron chi connectivity index (χ4n) is 3.63. The molecule has 0 aliphatic heterocycles. The third-order valence-corrected chi connectivity index (χ3v) is 5.04. The molecule has 0 saturated carbocycles. The topological polar surface area (TPSA) is 96.3 Å². The van der Waals surface area contributed by atoms with E-state index in [0.717, 1.165) is 55.7 Å². The number of H-pyrrole nitrogens is 2. The van der Waals surface area contributed by atoms with Crippen LogP contribution in [0, 0.1) is 0 Å². The molecule has 0 radical (unpaired) electrons. The van der Waals surface area contributed by atoms with Crippen molar-refractivity contribution in [3.63, 3.8) is 0 Å². The molecule has 0 fully saturated rings. The fraction of sp³-hybridized carbons (Fsp3) is 0. The lowest BCUT2D eigenvalue weighted by Crippen LogP contribution is -1.84. The molecule has 7 heteroatoms. The van der Waals surface area contributed by atoms with Gasteiger partial charge in [-0.1, -0.05) is 0 Å². The van der Waals surface area contributed by atoms with E-state index in [1.807, 2.05) is 30.3 Å². The summed E-state index contributed by atoms with van der Waals surface area (Å²) < 4.78 is 5.25. The second kappa shape index (κ2) is 6.13. The highest BCUT2D eigenvalue weighted by Gasteiger charge is 2.15. The van der Waals surface area contributed by atoms with Crippen LogP contribution in [-0.2, 0) is 0 Å². The maximum absolute atomic E-state index is 5.25. The zero-order valence-electron chi connectivity index (χ0n) is 15.1. The molecule has 2 N–H and O–H groups in total. The standard InChI is InChI=1S/C22H14N6O/c1-5-23-6-2-13(1)18-10-17-20(11-25-18)27-28-21(17)19-9-16-15(14-4-8-29-12-14)3-7-24-22(16)26-19/h1-12H,(H,24,26)(H,27,28). The zero-order valence-corrected chi connectivity index (χ0v) is 15.1. The summed E-state index contributed by atoms with van der Waals surface area (Å²) >= 11 is 0. The van der Waals surface area contributed by atoms with Crippen molar-refractivity contribution in [3.8, 4) is 33.8 Å². The number of pyridine rings is 3. The highest BCUT2D eigenvalue weighted by molar-refractivity contribution is 6.00. The molecule has 0 unspecified atom stereocenters. The van der Waals surface area contributed by atoms with Crippen LogP contribution in [0.25, 0.3) is 55.7 Å². The molecular weight excluding hydrogens is 364 g/mol. The average molecular weight is 378 g/mol. The van der Waals surface area contributed by atoms with Crippen LogP contribution in [0.4, 0.5) is 0 Å². The molecule has 0 saturated heterocycles. The Bertz CT molecular complexity index is 1450. The van der Waals surface area contributed by atoms with Crippen LogP contribution in [0.3, 0.4) is 0 Å². The van der Waals surface area contributed by atoms with Gasteiger partial charge in [0.05, 0.1) is 35.6 Å². The maximum Gasteiger partial charge on any atom is 0.138 e. The van der Waals surface area contributed by atoms with E-state index in [-0.39, 0.29) is 0 Å². The summed E-state index contributed by atoms with van der Waals surface area (Å²) in [6, 6.07) is 11.9. The number of hydrogen-bond acceptors (Lipinski definition) is 5. The first-order valence-electron chi connectivity index (χ1n) is 9.12. The van der Waals surface area contributed by atoms with Crippen LogP contribution >= 0.6 is 0 Å². The predicted octanol–water partition coefficient (Wildman–Crippen LogP) is 4.82. The lowest BCUT2D eigenvalue weighted by Gasteiger charge is -2.00. The van der Waals surface area contributed by atoms with Crippen LogP contribution in [0.5, 0.6) is 0 Å². The summed E-state index contributed by atoms with van der Waals surface area (Å²) in [7, 11) is 0. The first-order valence-corrected chi connectivity index (χ1v) is 9.12. The lowest BCUT2D eigenvalue weighted by atomic mass is 10.1. The maximum atomic E-state index is 5.25. The van der Waals surface area contributed by atoms with Gasteiger partial charge in [0.15, 0.2) is 0 Å². The van der Waals surface area contributed by atoms with Gasteiger partial charge in [-0.25, -0.2) is 4.98 Å². The van der Waals surface area contributed by atoms with E-state index in [2.05, 4.69) is 36.2 Å². The highest BCUT2D eigenvalue weighted by atomic mass is 16.3. The van der Waals surface area contributed by atoms with Crippen LogP contribution in [-0.4, -0.2) is 30.1 Å². The normalized spacial score (nSPS) is 11.4. The molecule has 0 amide bonds. The Morgan fingerprint density at radius 3 is 2.66 bits per heavy atom. The molecule has 138 valence electrons. The van der Waals surface area contributed by atoms with Gasteiger partial charge in [-0.3, -0.25) is 15.1 Å². The molecule has 0 aliphatic rings. The monoisotopic (exact) mass is 378 g/mol. The van der Waals surface area contributed by atoms with E-state index in [1.165, 1.54) is 0 Å². The van der Waals surface area contributed by atoms with E-state index < -0.39 is 0 Å². The number of hydrogen-bond donors (Lipinski definition) is 2. The molecule has 0 aliphatic carbocycles.